The average molecular weight is 317 g/mol. The molecule has 0 radical (unpaired) electrons. The molecule has 1 amide bonds. The molecule has 0 aliphatic carbocycles. The number of methoxy groups -OCH3 is 2. The van der Waals surface area contributed by atoms with Crippen molar-refractivity contribution in [1.29, 1.82) is 0 Å². The number of benzene rings is 1. The molecule has 0 aromatic heterocycles. The number of carbonyl (C=O) groups excluding carboxylic acids is 1. The molecule has 0 spiro atoms. The normalized spacial score (nSPS) is 20.5. The molecule has 118 valence electrons. The lowest BCUT2D eigenvalue weighted by atomic mass is 10.1. The number of rotatable bonds is 5. The van der Waals surface area contributed by atoms with Gasteiger partial charge < -0.3 is 25.2 Å². The third-order valence-corrected chi connectivity index (χ3v) is 3.37. The first-order valence-corrected chi connectivity index (χ1v) is 6.53. The van der Waals surface area contributed by atoms with Crippen molar-refractivity contribution in [1.82, 2.24) is 10.6 Å². The quantitative estimate of drug-likeness (QED) is 0.719. The molecule has 0 saturated carbocycles. The van der Waals surface area contributed by atoms with Gasteiger partial charge in [0.1, 0.15) is 11.5 Å². The smallest absolute Gasteiger partial charge is 0.224 e. The molecule has 2 rings (SSSR count). The van der Waals surface area contributed by atoms with Crippen LogP contribution >= 0.6 is 12.4 Å². The number of aliphatic hydroxyl groups is 1. The van der Waals surface area contributed by atoms with E-state index < -0.39 is 6.10 Å². The SMILES string of the molecule is COc1ccc(CC(=O)N[C@@H]2CNC[C@H]2O)c(OC)c1.Cl. The average Bonchev–Trinajstić information content (AvgIpc) is 2.84. The van der Waals surface area contributed by atoms with Crippen LogP contribution in [0.5, 0.6) is 11.5 Å². The number of hydrogen-bond acceptors (Lipinski definition) is 5. The van der Waals surface area contributed by atoms with Crippen molar-refractivity contribution in [3.8, 4) is 11.5 Å². The zero-order valence-corrected chi connectivity index (χ0v) is 12.9. The van der Waals surface area contributed by atoms with Gasteiger partial charge in [-0.1, -0.05) is 6.07 Å². The van der Waals surface area contributed by atoms with Crippen molar-refractivity contribution in [2.75, 3.05) is 27.3 Å². The van der Waals surface area contributed by atoms with E-state index in [-0.39, 0.29) is 30.8 Å². The van der Waals surface area contributed by atoms with E-state index in [1.165, 1.54) is 0 Å². The maximum absolute atomic E-state index is 12.0. The summed E-state index contributed by atoms with van der Waals surface area (Å²) in [7, 11) is 3.14. The van der Waals surface area contributed by atoms with Crippen LogP contribution in [-0.2, 0) is 11.2 Å². The number of aliphatic hydroxyl groups excluding tert-OH is 1. The Morgan fingerprint density at radius 2 is 2.14 bits per heavy atom. The van der Waals surface area contributed by atoms with Crippen LogP contribution in [0, 0.1) is 0 Å². The predicted octanol–water partition coefficient (Wildman–Crippen LogP) is 0.117. The number of hydrogen-bond donors (Lipinski definition) is 3. The summed E-state index contributed by atoms with van der Waals surface area (Å²) in [6.45, 7) is 1.10. The minimum Gasteiger partial charge on any atom is -0.497 e. The molecule has 21 heavy (non-hydrogen) atoms. The zero-order chi connectivity index (χ0) is 14.5. The summed E-state index contributed by atoms with van der Waals surface area (Å²) in [5.41, 5.74) is 0.784. The summed E-state index contributed by atoms with van der Waals surface area (Å²) < 4.78 is 10.4. The molecule has 0 unspecified atom stereocenters. The highest BCUT2D eigenvalue weighted by Gasteiger charge is 2.26. The topological polar surface area (TPSA) is 79.8 Å². The van der Waals surface area contributed by atoms with Gasteiger partial charge in [-0.05, 0) is 6.07 Å². The van der Waals surface area contributed by atoms with Gasteiger partial charge in [-0.25, -0.2) is 0 Å². The number of ether oxygens (including phenoxy) is 2. The first-order chi connectivity index (χ1) is 9.63. The Morgan fingerprint density at radius 1 is 1.38 bits per heavy atom. The summed E-state index contributed by atoms with van der Waals surface area (Å²) in [5, 5.41) is 15.5. The van der Waals surface area contributed by atoms with Gasteiger partial charge in [0, 0.05) is 24.7 Å². The van der Waals surface area contributed by atoms with Crippen LogP contribution in [0.4, 0.5) is 0 Å². The van der Waals surface area contributed by atoms with Gasteiger partial charge in [0.15, 0.2) is 0 Å². The van der Waals surface area contributed by atoms with Crippen molar-refractivity contribution in [3.05, 3.63) is 23.8 Å². The number of amides is 1. The van der Waals surface area contributed by atoms with Gasteiger partial charge in [-0.3, -0.25) is 4.79 Å². The lowest BCUT2D eigenvalue weighted by Crippen LogP contribution is -2.43. The second-order valence-electron chi connectivity index (χ2n) is 4.75. The molecule has 7 heteroatoms. The van der Waals surface area contributed by atoms with E-state index in [1.54, 1.807) is 32.4 Å². The lowest BCUT2D eigenvalue weighted by Gasteiger charge is -2.16. The molecule has 1 fully saturated rings. The fourth-order valence-electron chi connectivity index (χ4n) is 2.24. The van der Waals surface area contributed by atoms with Crippen LogP contribution in [-0.4, -0.2) is 50.5 Å². The largest absolute Gasteiger partial charge is 0.497 e. The summed E-state index contributed by atoms with van der Waals surface area (Å²) in [4.78, 5) is 12.0. The molecule has 1 saturated heterocycles. The first kappa shape index (κ1) is 17.6. The van der Waals surface area contributed by atoms with Crippen molar-refractivity contribution < 1.29 is 19.4 Å². The Balaban J connectivity index is 0.00000220. The summed E-state index contributed by atoms with van der Waals surface area (Å²) >= 11 is 0. The number of carbonyl (C=O) groups is 1. The van der Waals surface area contributed by atoms with Gasteiger partial charge in [0.2, 0.25) is 5.91 Å². The standard InChI is InChI=1S/C14H20N2O4.ClH/c1-19-10-4-3-9(13(6-10)20-2)5-14(18)16-11-7-15-8-12(11)17;/h3-4,6,11-12,15,17H,5,7-8H2,1-2H3,(H,16,18);1H/t11-,12-;/m1./s1. The minimum atomic E-state index is -0.531. The van der Waals surface area contributed by atoms with Crippen molar-refractivity contribution in [3.63, 3.8) is 0 Å². The van der Waals surface area contributed by atoms with Crippen LogP contribution in [0.3, 0.4) is 0 Å². The number of nitrogens with one attached hydrogen (secondary N) is 2. The molecule has 1 aliphatic rings. The molecule has 1 aromatic rings. The molecular weight excluding hydrogens is 296 g/mol. The molecule has 1 aromatic carbocycles. The van der Waals surface area contributed by atoms with E-state index in [2.05, 4.69) is 10.6 Å². The minimum absolute atomic E-state index is 0. The van der Waals surface area contributed by atoms with E-state index in [0.29, 0.717) is 24.6 Å². The molecule has 1 heterocycles. The lowest BCUT2D eigenvalue weighted by molar-refractivity contribution is -0.121. The first-order valence-electron chi connectivity index (χ1n) is 6.53. The third kappa shape index (κ3) is 4.49. The number of halogens is 1. The maximum Gasteiger partial charge on any atom is 0.224 e. The molecular formula is C14H21ClN2O4. The van der Waals surface area contributed by atoms with E-state index in [0.717, 1.165) is 5.56 Å². The summed E-state index contributed by atoms with van der Waals surface area (Å²) in [6, 6.07) is 5.11. The van der Waals surface area contributed by atoms with Crippen LogP contribution in [0.25, 0.3) is 0 Å². The Kier molecular flexibility index (Phi) is 6.74. The van der Waals surface area contributed by atoms with Gasteiger partial charge in [-0.15, -0.1) is 12.4 Å². The van der Waals surface area contributed by atoms with Crippen LogP contribution in [0.15, 0.2) is 18.2 Å². The fraction of sp³-hybridized carbons (Fsp3) is 0.500. The van der Waals surface area contributed by atoms with E-state index in [4.69, 9.17) is 9.47 Å². The van der Waals surface area contributed by atoms with Gasteiger partial charge >= 0.3 is 0 Å². The second kappa shape index (κ2) is 8.07. The fourth-order valence-corrected chi connectivity index (χ4v) is 2.24. The van der Waals surface area contributed by atoms with E-state index in [9.17, 15) is 9.90 Å². The molecule has 1 aliphatic heterocycles. The predicted molar refractivity (Wildman–Crippen MR) is 81.3 cm³/mol. The van der Waals surface area contributed by atoms with Crippen LogP contribution in [0.1, 0.15) is 5.56 Å². The van der Waals surface area contributed by atoms with Crippen molar-refractivity contribution >= 4 is 18.3 Å². The zero-order valence-electron chi connectivity index (χ0n) is 12.1. The van der Waals surface area contributed by atoms with Crippen LogP contribution < -0.4 is 20.1 Å². The third-order valence-electron chi connectivity index (χ3n) is 3.37. The summed E-state index contributed by atoms with van der Waals surface area (Å²) in [5.74, 6) is 1.16. The Hall–Kier alpha value is -1.50. The van der Waals surface area contributed by atoms with Gasteiger partial charge in [-0.2, -0.15) is 0 Å². The summed E-state index contributed by atoms with van der Waals surface area (Å²) in [6.07, 6.45) is -0.326. The highest BCUT2D eigenvalue weighted by molar-refractivity contribution is 5.85. The Morgan fingerprint density at radius 3 is 2.71 bits per heavy atom. The second-order valence-corrected chi connectivity index (χ2v) is 4.75. The van der Waals surface area contributed by atoms with E-state index >= 15 is 0 Å². The van der Waals surface area contributed by atoms with Crippen molar-refractivity contribution in [2.24, 2.45) is 0 Å². The van der Waals surface area contributed by atoms with Crippen molar-refractivity contribution in [2.45, 2.75) is 18.6 Å². The van der Waals surface area contributed by atoms with Gasteiger partial charge in [0.05, 0.1) is 32.8 Å². The van der Waals surface area contributed by atoms with E-state index in [1.807, 2.05) is 0 Å². The Labute approximate surface area is 130 Å². The highest BCUT2D eigenvalue weighted by atomic mass is 35.5. The molecule has 3 N–H and O–H groups in total. The monoisotopic (exact) mass is 316 g/mol. The highest BCUT2D eigenvalue weighted by Crippen LogP contribution is 2.24. The Bertz CT molecular complexity index is 484. The number of β-amino-alcohol motifs (C(OH)–C–C–N with tert-alkyl or cyclic N) is 1. The molecule has 0 bridgehead atoms. The van der Waals surface area contributed by atoms with Gasteiger partial charge in [0.25, 0.3) is 0 Å². The molecule has 6 nitrogen and oxygen atoms in total. The van der Waals surface area contributed by atoms with Crippen LogP contribution in [0.2, 0.25) is 0 Å². The molecule has 2 atom stereocenters. The maximum atomic E-state index is 12.0.